The summed E-state index contributed by atoms with van der Waals surface area (Å²) in [4.78, 5) is 1.72. The summed E-state index contributed by atoms with van der Waals surface area (Å²) in [6.07, 6.45) is 9.13. The van der Waals surface area contributed by atoms with Gasteiger partial charge in [-0.05, 0) is 6.42 Å². The van der Waals surface area contributed by atoms with Crippen molar-refractivity contribution in [2.24, 2.45) is 0 Å². The topological polar surface area (TPSA) is 3.24 Å². The highest BCUT2D eigenvalue weighted by atomic mass is 32.1. The molecule has 0 aromatic rings. The summed E-state index contributed by atoms with van der Waals surface area (Å²) >= 11 is 8.89. The fourth-order valence-corrected chi connectivity index (χ4v) is 0.996. The van der Waals surface area contributed by atoms with E-state index >= 15 is 0 Å². The Kier molecular flexibility index (Phi) is 7.20. The van der Waals surface area contributed by atoms with E-state index in [4.69, 9.17) is 12.2 Å². The third-order valence-corrected chi connectivity index (χ3v) is 1.85. The van der Waals surface area contributed by atoms with Gasteiger partial charge in [-0.2, -0.15) is 0 Å². The van der Waals surface area contributed by atoms with Crippen LogP contribution in [0.5, 0.6) is 0 Å². The quantitative estimate of drug-likeness (QED) is 0.413. The Hall–Kier alpha value is -0.280. The fourth-order valence-electron chi connectivity index (χ4n) is 0.713. The van der Waals surface area contributed by atoms with Crippen LogP contribution in [-0.4, -0.2) is 9.22 Å². The lowest BCUT2D eigenvalue weighted by Crippen LogP contribution is -2.10. The van der Waals surface area contributed by atoms with Crippen molar-refractivity contribution >= 4 is 29.2 Å². The number of nitrogens with zero attached hydrogens (tertiary/aromatic N) is 1. The Balaban J connectivity index is 3.77. The van der Waals surface area contributed by atoms with Gasteiger partial charge < -0.3 is 4.90 Å². The number of hydrogen-bond acceptors (Lipinski definition) is 1. The largest absolute Gasteiger partial charge is 0.311 e. The van der Waals surface area contributed by atoms with Gasteiger partial charge in [0.1, 0.15) is 4.32 Å². The molecule has 3 heteroatoms. The maximum absolute atomic E-state index is 4.86. The number of rotatable bonds is 5. The van der Waals surface area contributed by atoms with Gasteiger partial charge >= 0.3 is 0 Å². The van der Waals surface area contributed by atoms with Crippen LogP contribution in [0.3, 0.4) is 0 Å². The van der Waals surface area contributed by atoms with E-state index in [-0.39, 0.29) is 0 Å². The number of thiocarbonyl (C=S) groups is 1. The third-order valence-electron chi connectivity index (χ3n) is 1.41. The molecule has 0 spiro atoms. The summed E-state index contributed by atoms with van der Waals surface area (Å²) in [6, 6.07) is 0. The average Bonchev–Trinajstić information content (AvgIpc) is 2.04. The Morgan fingerprint density at radius 2 is 2.33 bits per heavy atom. The van der Waals surface area contributed by atoms with E-state index in [0.717, 1.165) is 6.42 Å². The Morgan fingerprint density at radius 1 is 1.67 bits per heavy atom. The predicted octanol–water partition coefficient (Wildman–Crippen LogP) is 3.35. The first-order valence-electron chi connectivity index (χ1n) is 4.02. The van der Waals surface area contributed by atoms with E-state index in [2.05, 4.69) is 32.2 Å². The molecule has 0 saturated heterocycles. The molecule has 0 bridgehead atoms. The van der Waals surface area contributed by atoms with Gasteiger partial charge in [0.05, 0.1) is 0 Å². The van der Waals surface area contributed by atoms with Crippen LogP contribution in [0.4, 0.5) is 0 Å². The highest BCUT2D eigenvalue weighted by Crippen LogP contribution is 2.01. The van der Waals surface area contributed by atoms with Crippen LogP contribution >= 0.6 is 24.8 Å². The van der Waals surface area contributed by atoms with Gasteiger partial charge in [0.2, 0.25) is 0 Å². The Labute approximate surface area is 85.6 Å². The molecule has 0 atom stereocenters. The maximum Gasteiger partial charge on any atom is 0.141 e. The first-order chi connectivity index (χ1) is 5.72. The molecular weight excluding hydrogens is 186 g/mol. The number of thiol groups is 1. The minimum absolute atomic E-state index is 0.526. The van der Waals surface area contributed by atoms with Crippen LogP contribution < -0.4 is 0 Å². The number of allylic oxidation sites excluding steroid dienone is 1. The van der Waals surface area contributed by atoms with Crippen molar-refractivity contribution in [3.05, 3.63) is 25.1 Å². The fraction of sp³-hybridized carbons (Fsp3) is 0.444. The van der Waals surface area contributed by atoms with Crippen LogP contribution in [0.15, 0.2) is 25.1 Å². The normalized spacial score (nSPS) is 10.2. The lowest BCUT2D eigenvalue weighted by Gasteiger charge is -2.10. The third kappa shape index (κ3) is 5.38. The van der Waals surface area contributed by atoms with Gasteiger partial charge in [0.25, 0.3) is 0 Å². The van der Waals surface area contributed by atoms with E-state index in [9.17, 15) is 0 Å². The van der Waals surface area contributed by atoms with Crippen molar-refractivity contribution in [2.75, 3.05) is 0 Å². The molecule has 0 N–H and O–H groups in total. The van der Waals surface area contributed by atoms with Crippen LogP contribution in [0.1, 0.15) is 26.2 Å². The second kappa shape index (κ2) is 7.37. The second-order valence-corrected chi connectivity index (χ2v) is 3.51. The molecule has 0 aliphatic carbocycles. The molecule has 0 unspecified atom stereocenters. The van der Waals surface area contributed by atoms with E-state index in [1.54, 1.807) is 11.1 Å². The van der Waals surface area contributed by atoms with Crippen LogP contribution in [0, 0.1) is 0 Å². The van der Waals surface area contributed by atoms with E-state index in [1.807, 2.05) is 6.20 Å². The molecule has 0 saturated carbocycles. The first kappa shape index (κ1) is 11.7. The van der Waals surface area contributed by atoms with Crippen molar-refractivity contribution in [2.45, 2.75) is 26.2 Å². The average molecular weight is 201 g/mol. The predicted molar refractivity (Wildman–Crippen MR) is 62.3 cm³/mol. The highest BCUT2D eigenvalue weighted by molar-refractivity contribution is 8.10. The van der Waals surface area contributed by atoms with Gasteiger partial charge in [-0.25, -0.2) is 0 Å². The van der Waals surface area contributed by atoms with Crippen LogP contribution in [-0.2, 0) is 0 Å². The Morgan fingerprint density at radius 3 is 2.75 bits per heavy atom. The zero-order valence-electron chi connectivity index (χ0n) is 7.36. The van der Waals surface area contributed by atoms with E-state index < -0.39 is 0 Å². The van der Waals surface area contributed by atoms with Gasteiger partial charge in [-0.1, -0.05) is 44.6 Å². The van der Waals surface area contributed by atoms with Crippen LogP contribution in [0.2, 0.25) is 0 Å². The summed E-state index contributed by atoms with van der Waals surface area (Å²) in [6.45, 7) is 5.79. The lowest BCUT2D eigenvalue weighted by molar-refractivity contribution is 0.765. The molecule has 0 aliphatic heterocycles. The zero-order valence-corrected chi connectivity index (χ0v) is 9.07. The van der Waals surface area contributed by atoms with Crippen molar-refractivity contribution in [3.8, 4) is 0 Å². The maximum atomic E-state index is 4.86. The minimum atomic E-state index is 0.526. The molecule has 0 heterocycles. The first-order valence-corrected chi connectivity index (χ1v) is 4.88. The summed E-state index contributed by atoms with van der Waals surface area (Å²) in [5.41, 5.74) is 0. The van der Waals surface area contributed by atoms with Crippen molar-refractivity contribution in [1.82, 2.24) is 4.90 Å². The van der Waals surface area contributed by atoms with Gasteiger partial charge in [0, 0.05) is 12.4 Å². The van der Waals surface area contributed by atoms with E-state index in [0.29, 0.717) is 4.32 Å². The number of unbranched alkanes of at least 4 members (excludes halogenated alkanes) is 2. The monoisotopic (exact) mass is 201 g/mol. The molecule has 0 amide bonds. The lowest BCUT2D eigenvalue weighted by atomic mass is 10.2. The minimum Gasteiger partial charge on any atom is -0.311 e. The molecular formula is C9H15NS2. The highest BCUT2D eigenvalue weighted by Gasteiger charge is 1.93. The molecule has 0 rings (SSSR count). The second-order valence-electron chi connectivity index (χ2n) is 2.40. The zero-order chi connectivity index (χ0) is 9.40. The van der Waals surface area contributed by atoms with Gasteiger partial charge in [0.15, 0.2) is 0 Å². The molecule has 68 valence electrons. The van der Waals surface area contributed by atoms with Crippen molar-refractivity contribution < 1.29 is 0 Å². The SMILES string of the molecule is C=CN(/C=C/CCCC)C(=S)S. The molecule has 0 radical (unpaired) electrons. The molecule has 0 aliphatic rings. The molecule has 0 fully saturated rings. The number of hydrogen-bond donors (Lipinski definition) is 1. The Bertz CT molecular complexity index is 175. The summed E-state index contributed by atoms with van der Waals surface area (Å²) in [5.74, 6) is 0. The molecule has 12 heavy (non-hydrogen) atoms. The standard InChI is InChI=1S/C9H15NS2/c1-3-5-6-7-8-10(4-2)9(11)12/h4,7-8H,2-3,5-6H2,1H3,(H,11,12)/b8-7+. The summed E-state index contributed by atoms with van der Waals surface area (Å²) < 4.78 is 0.526. The summed E-state index contributed by atoms with van der Waals surface area (Å²) in [5, 5.41) is 0. The molecule has 1 nitrogen and oxygen atoms in total. The van der Waals surface area contributed by atoms with E-state index in [1.165, 1.54) is 12.8 Å². The molecule has 0 aromatic carbocycles. The van der Waals surface area contributed by atoms with Crippen LogP contribution in [0.25, 0.3) is 0 Å². The molecule has 0 aromatic heterocycles. The van der Waals surface area contributed by atoms with Crippen molar-refractivity contribution in [3.63, 3.8) is 0 Å². The van der Waals surface area contributed by atoms with Gasteiger partial charge in [-0.3, -0.25) is 0 Å². The van der Waals surface area contributed by atoms with Crippen molar-refractivity contribution in [1.29, 1.82) is 0 Å². The van der Waals surface area contributed by atoms with Gasteiger partial charge in [-0.15, -0.1) is 12.6 Å². The summed E-state index contributed by atoms with van der Waals surface area (Å²) in [7, 11) is 0. The smallest absolute Gasteiger partial charge is 0.141 e.